The molecule has 0 aliphatic carbocycles. The Hall–Kier alpha value is -1.93. The van der Waals surface area contributed by atoms with E-state index in [1.807, 2.05) is 0 Å². The third-order valence-electron chi connectivity index (χ3n) is 9.47. The Balaban J connectivity index is 1.24. The van der Waals surface area contributed by atoms with Crippen LogP contribution in [0.5, 0.6) is 0 Å². The highest BCUT2D eigenvalue weighted by molar-refractivity contribution is 5.84. The van der Waals surface area contributed by atoms with E-state index in [2.05, 4.69) is 22.2 Å². The van der Waals surface area contributed by atoms with Crippen LogP contribution < -0.4 is 5.32 Å². The highest BCUT2D eigenvalue weighted by Gasteiger charge is 2.48. The van der Waals surface area contributed by atoms with Crippen molar-refractivity contribution in [3.8, 4) is 0 Å². The molecule has 1 aromatic heterocycles. The zero-order valence-corrected chi connectivity index (χ0v) is 25.1. The van der Waals surface area contributed by atoms with Gasteiger partial charge in [-0.25, -0.2) is 9.78 Å². The monoisotopic (exact) mass is 547 g/mol. The fourth-order valence-corrected chi connectivity index (χ4v) is 6.70. The first-order chi connectivity index (χ1) is 19.0. The van der Waals surface area contributed by atoms with E-state index < -0.39 is 12.0 Å². The maximum atomic E-state index is 12.6. The Morgan fingerprint density at radius 1 is 0.846 bits per heavy atom. The molecular weight excluding hydrogens is 490 g/mol. The third kappa shape index (κ3) is 10.9. The van der Waals surface area contributed by atoms with Crippen molar-refractivity contribution < 1.29 is 23.3 Å². The molecule has 8 heteroatoms. The second kappa shape index (κ2) is 17.0. The van der Waals surface area contributed by atoms with E-state index in [0.717, 1.165) is 18.7 Å². The van der Waals surface area contributed by atoms with Gasteiger partial charge < -0.3 is 24.0 Å². The van der Waals surface area contributed by atoms with E-state index in [-0.39, 0.29) is 5.91 Å². The summed E-state index contributed by atoms with van der Waals surface area (Å²) in [6, 6.07) is -0.682. The number of ether oxygens (including phenoxy) is 1. The van der Waals surface area contributed by atoms with Crippen molar-refractivity contribution in [3.63, 3.8) is 0 Å². The van der Waals surface area contributed by atoms with Crippen molar-refractivity contribution in [1.82, 2.24) is 15.3 Å². The zero-order valence-electron chi connectivity index (χ0n) is 25.1. The minimum atomic E-state index is -0.682. The predicted molar refractivity (Wildman–Crippen MR) is 156 cm³/mol. The number of esters is 1. The summed E-state index contributed by atoms with van der Waals surface area (Å²) in [5.74, 6) is -0.497. The number of hydrogen-bond donors (Lipinski definition) is 2. The minimum absolute atomic E-state index is 0.0748. The predicted octanol–water partition coefficient (Wildman–Crippen LogP) is 4.75. The molecule has 2 N–H and O–H groups in total. The van der Waals surface area contributed by atoms with E-state index in [9.17, 15) is 9.59 Å². The average Bonchev–Trinajstić information content (AvgIpc) is 3.47. The summed E-state index contributed by atoms with van der Waals surface area (Å²) in [5, 5.41) is 2.88. The molecule has 0 aromatic carbocycles. The number of rotatable bonds is 21. The van der Waals surface area contributed by atoms with Crippen molar-refractivity contribution in [1.29, 1.82) is 0 Å². The van der Waals surface area contributed by atoms with E-state index in [0.29, 0.717) is 12.8 Å². The van der Waals surface area contributed by atoms with E-state index >= 15 is 0 Å². The van der Waals surface area contributed by atoms with Gasteiger partial charge in [0.25, 0.3) is 0 Å². The number of methoxy groups -OCH3 is 1. The summed E-state index contributed by atoms with van der Waals surface area (Å²) < 4.78 is 7.41. The summed E-state index contributed by atoms with van der Waals surface area (Å²) in [6.45, 7) is 12.4. The molecule has 3 saturated heterocycles. The summed E-state index contributed by atoms with van der Waals surface area (Å²) in [4.78, 5) is 31.8. The van der Waals surface area contributed by atoms with Gasteiger partial charge in [0.15, 0.2) is 0 Å². The van der Waals surface area contributed by atoms with Gasteiger partial charge in [0.2, 0.25) is 5.91 Å². The lowest BCUT2D eigenvalue weighted by Crippen LogP contribution is -2.75. The number of fused-ring (bicyclic) bond motifs is 3. The number of quaternary nitrogens is 2. The molecule has 2 bridgehead atoms. The van der Waals surface area contributed by atoms with Crippen LogP contribution in [-0.4, -0.2) is 96.3 Å². The molecular formula is C31H57N5O3+2. The van der Waals surface area contributed by atoms with E-state index in [1.54, 1.807) is 12.5 Å². The second-order valence-corrected chi connectivity index (χ2v) is 12.4. The topological polar surface area (TPSA) is 84.1 Å². The maximum Gasteiger partial charge on any atom is 0.328 e. The first-order valence-corrected chi connectivity index (χ1v) is 16.0. The first-order valence-electron chi connectivity index (χ1n) is 16.0. The SMILES string of the molecule is CCCCCCCCCCCCCC[N+]12CC[N+](CCCC(=O)NC(Cc3cnc[nH]3)C(=O)OC)(CC1)CC2. The van der Waals surface area contributed by atoms with Crippen LogP contribution in [0.4, 0.5) is 0 Å². The van der Waals surface area contributed by atoms with Gasteiger partial charge in [-0.2, -0.15) is 0 Å². The number of aromatic nitrogens is 2. The maximum absolute atomic E-state index is 12.6. The van der Waals surface area contributed by atoms with Crippen LogP contribution in [0.1, 0.15) is 103 Å². The quantitative estimate of drug-likeness (QED) is 0.132. The number of piperazine rings is 3. The number of nitrogens with one attached hydrogen (secondary N) is 2. The molecule has 1 amide bonds. The molecule has 3 fully saturated rings. The molecule has 4 heterocycles. The fourth-order valence-electron chi connectivity index (χ4n) is 6.70. The lowest BCUT2D eigenvalue weighted by molar-refractivity contribution is -1.08. The van der Waals surface area contributed by atoms with Gasteiger partial charge in [-0.3, -0.25) is 4.79 Å². The number of hydrogen-bond acceptors (Lipinski definition) is 4. The Bertz CT molecular complexity index is 804. The second-order valence-electron chi connectivity index (χ2n) is 12.4. The molecule has 4 rings (SSSR count). The number of nitrogens with zero attached hydrogens (tertiary/aromatic N) is 3. The van der Waals surface area contributed by atoms with Gasteiger partial charge >= 0.3 is 5.97 Å². The highest BCUT2D eigenvalue weighted by Crippen LogP contribution is 2.28. The summed E-state index contributed by atoms with van der Waals surface area (Å²) in [6.07, 6.45) is 21.9. The molecule has 3 aliphatic rings. The van der Waals surface area contributed by atoms with Crippen molar-refractivity contribution >= 4 is 11.9 Å². The lowest BCUT2D eigenvalue weighted by Gasteiger charge is -2.55. The van der Waals surface area contributed by atoms with E-state index in [1.165, 1.54) is 139 Å². The summed E-state index contributed by atoms with van der Waals surface area (Å²) >= 11 is 0. The Morgan fingerprint density at radius 3 is 1.85 bits per heavy atom. The molecule has 1 atom stereocenters. The average molecular weight is 548 g/mol. The van der Waals surface area contributed by atoms with Crippen LogP contribution in [0.15, 0.2) is 12.5 Å². The summed E-state index contributed by atoms with van der Waals surface area (Å²) in [5.41, 5.74) is 0.802. The smallest absolute Gasteiger partial charge is 0.328 e. The number of unbranched alkanes of at least 4 members (excludes halogenated alkanes) is 11. The van der Waals surface area contributed by atoms with Crippen molar-refractivity contribution in [2.45, 2.75) is 109 Å². The standard InChI is InChI=1S/C31H56N5O3/c1-3-4-5-6-7-8-9-10-11-12-13-14-17-35-19-22-36(23-20-35,24-21-35)18-15-16-30(37)34-29(31(38)39-2)25-28-26-32-27-33-28/h26-27,29H,3-25H2,1-2H3,(H-,32,33,34,37)/q+1/p+1. The Kier molecular flexibility index (Phi) is 13.8. The number of carbonyl (C=O) groups is 2. The molecule has 0 saturated carbocycles. The van der Waals surface area contributed by atoms with Gasteiger partial charge in [0.05, 0.1) is 26.5 Å². The first kappa shape index (κ1) is 31.6. The molecule has 0 radical (unpaired) electrons. The van der Waals surface area contributed by atoms with Gasteiger partial charge in [-0.15, -0.1) is 0 Å². The molecule has 222 valence electrons. The summed E-state index contributed by atoms with van der Waals surface area (Å²) in [7, 11) is 1.35. The van der Waals surface area contributed by atoms with Crippen LogP contribution in [0.2, 0.25) is 0 Å². The number of aromatic amines is 1. The van der Waals surface area contributed by atoms with Gasteiger partial charge in [0, 0.05) is 31.2 Å². The van der Waals surface area contributed by atoms with Crippen LogP contribution in [0.25, 0.3) is 0 Å². The number of amides is 1. The van der Waals surface area contributed by atoms with Crippen LogP contribution in [0.3, 0.4) is 0 Å². The zero-order chi connectivity index (χ0) is 27.8. The van der Waals surface area contributed by atoms with Crippen LogP contribution in [-0.2, 0) is 20.7 Å². The van der Waals surface area contributed by atoms with Crippen LogP contribution in [0, 0.1) is 0 Å². The molecule has 1 unspecified atom stereocenters. The Labute approximate surface area is 237 Å². The van der Waals surface area contributed by atoms with Gasteiger partial charge in [-0.05, 0) is 12.8 Å². The van der Waals surface area contributed by atoms with Crippen molar-refractivity contribution in [3.05, 3.63) is 18.2 Å². The Morgan fingerprint density at radius 2 is 1.36 bits per heavy atom. The van der Waals surface area contributed by atoms with Gasteiger partial charge in [0.1, 0.15) is 45.3 Å². The number of H-pyrrole nitrogens is 1. The molecule has 39 heavy (non-hydrogen) atoms. The molecule has 8 nitrogen and oxygen atoms in total. The lowest BCUT2D eigenvalue weighted by atomic mass is 10.0. The van der Waals surface area contributed by atoms with Crippen molar-refractivity contribution in [2.75, 3.05) is 59.5 Å². The van der Waals surface area contributed by atoms with Gasteiger partial charge in [-0.1, -0.05) is 71.1 Å². The number of imidazole rings is 1. The normalized spacial score (nSPS) is 23.0. The molecule has 3 aliphatic heterocycles. The van der Waals surface area contributed by atoms with Crippen molar-refractivity contribution in [2.24, 2.45) is 0 Å². The third-order valence-corrected chi connectivity index (χ3v) is 9.47. The fraction of sp³-hybridized carbons (Fsp3) is 0.839. The largest absolute Gasteiger partial charge is 0.467 e. The number of carbonyl (C=O) groups excluding carboxylic acids is 2. The van der Waals surface area contributed by atoms with E-state index in [4.69, 9.17) is 4.74 Å². The molecule has 1 aromatic rings. The molecule has 0 spiro atoms. The minimum Gasteiger partial charge on any atom is -0.467 e. The highest BCUT2D eigenvalue weighted by atomic mass is 16.5. The van der Waals surface area contributed by atoms with Crippen LogP contribution >= 0.6 is 0 Å².